The fourth-order valence-corrected chi connectivity index (χ4v) is 3.47. The highest BCUT2D eigenvalue weighted by Crippen LogP contribution is 2.35. The predicted molar refractivity (Wildman–Crippen MR) is 95.1 cm³/mol. The Labute approximate surface area is 155 Å². The number of fused-ring (bicyclic) bond motifs is 1. The number of aryl methyl sites for hydroxylation is 1. The second kappa shape index (κ2) is 7.18. The molecule has 1 aromatic carbocycles. The number of methoxy groups -OCH3 is 1. The van der Waals surface area contributed by atoms with Gasteiger partial charge in [-0.3, -0.25) is 29.4 Å². The van der Waals surface area contributed by atoms with Gasteiger partial charge in [0, 0.05) is 17.8 Å². The lowest BCUT2D eigenvalue weighted by molar-refractivity contribution is -0.385. The van der Waals surface area contributed by atoms with Crippen molar-refractivity contribution in [3.05, 3.63) is 40.0 Å². The van der Waals surface area contributed by atoms with Crippen molar-refractivity contribution in [3.63, 3.8) is 0 Å². The van der Waals surface area contributed by atoms with Crippen molar-refractivity contribution in [1.82, 2.24) is 4.90 Å². The number of likely N-dealkylation sites (tertiary alicyclic amines) is 1. The summed E-state index contributed by atoms with van der Waals surface area (Å²) in [6.45, 7) is 1.22. The van der Waals surface area contributed by atoms with Crippen molar-refractivity contribution < 1.29 is 24.0 Å². The summed E-state index contributed by atoms with van der Waals surface area (Å²) < 4.78 is 5.00. The van der Waals surface area contributed by atoms with Gasteiger partial charge in [0.2, 0.25) is 17.7 Å². The van der Waals surface area contributed by atoms with Crippen molar-refractivity contribution in [2.45, 2.75) is 19.8 Å². The van der Waals surface area contributed by atoms with Crippen molar-refractivity contribution in [2.75, 3.05) is 19.0 Å². The highest BCUT2D eigenvalue weighted by Gasteiger charge is 2.47. The molecule has 1 heterocycles. The molecule has 0 aromatic heterocycles. The number of amides is 3. The number of ether oxygens (including phenoxy) is 1. The Morgan fingerprint density at radius 1 is 1.26 bits per heavy atom. The van der Waals surface area contributed by atoms with E-state index in [2.05, 4.69) is 5.32 Å². The Balaban J connectivity index is 1.74. The van der Waals surface area contributed by atoms with E-state index in [1.807, 2.05) is 12.2 Å². The van der Waals surface area contributed by atoms with E-state index in [-0.39, 0.29) is 29.8 Å². The highest BCUT2D eigenvalue weighted by molar-refractivity contribution is 6.09. The standard InChI is InChI=1S/C18H19N3O6/c1-10-7-14(21(25)26)15(27-2)8-13(10)19-16(22)9-20-17(23)11-5-3-4-6-12(11)18(20)24/h3-4,7-8,11-12H,5-6,9H2,1-2H3,(H,19,22)/t11-,12-/m1/s1. The number of nitrogens with one attached hydrogen (secondary N) is 1. The maximum atomic E-state index is 12.4. The smallest absolute Gasteiger partial charge is 0.311 e. The molecule has 0 unspecified atom stereocenters. The van der Waals surface area contributed by atoms with Crippen LogP contribution in [0.5, 0.6) is 5.75 Å². The molecule has 0 radical (unpaired) electrons. The van der Waals surface area contributed by atoms with Crippen LogP contribution in [0.25, 0.3) is 0 Å². The van der Waals surface area contributed by atoms with E-state index in [9.17, 15) is 24.5 Å². The van der Waals surface area contributed by atoms with Crippen LogP contribution in [0.1, 0.15) is 18.4 Å². The summed E-state index contributed by atoms with van der Waals surface area (Å²) in [6, 6.07) is 2.64. The molecule has 0 bridgehead atoms. The molecule has 142 valence electrons. The van der Waals surface area contributed by atoms with Crippen LogP contribution in [0.2, 0.25) is 0 Å². The molecule has 3 amide bonds. The van der Waals surface area contributed by atoms with E-state index < -0.39 is 22.7 Å². The molecule has 2 aliphatic rings. The molecule has 0 spiro atoms. The van der Waals surface area contributed by atoms with Crippen molar-refractivity contribution in [3.8, 4) is 5.75 Å². The van der Waals surface area contributed by atoms with E-state index in [1.54, 1.807) is 6.92 Å². The number of carbonyl (C=O) groups excluding carboxylic acids is 3. The van der Waals surface area contributed by atoms with Gasteiger partial charge in [-0.25, -0.2) is 0 Å². The van der Waals surface area contributed by atoms with Crippen LogP contribution in [0, 0.1) is 28.9 Å². The Kier molecular flexibility index (Phi) is 4.93. The molecule has 9 nitrogen and oxygen atoms in total. The van der Waals surface area contributed by atoms with E-state index in [0.29, 0.717) is 24.1 Å². The number of benzene rings is 1. The Hall–Kier alpha value is -3.23. The van der Waals surface area contributed by atoms with Crippen LogP contribution in [0.4, 0.5) is 11.4 Å². The third-order valence-corrected chi connectivity index (χ3v) is 4.90. The molecule has 1 N–H and O–H groups in total. The zero-order chi connectivity index (χ0) is 19.7. The lowest BCUT2D eigenvalue weighted by Crippen LogP contribution is -2.38. The summed E-state index contributed by atoms with van der Waals surface area (Å²) in [5.74, 6) is -1.99. The summed E-state index contributed by atoms with van der Waals surface area (Å²) >= 11 is 0. The van der Waals surface area contributed by atoms with Crippen LogP contribution in [0.3, 0.4) is 0 Å². The average Bonchev–Trinajstić information content (AvgIpc) is 2.88. The van der Waals surface area contributed by atoms with E-state index in [1.165, 1.54) is 19.2 Å². The second-order valence-corrected chi connectivity index (χ2v) is 6.56. The van der Waals surface area contributed by atoms with Gasteiger partial charge in [0.25, 0.3) is 0 Å². The first-order valence-electron chi connectivity index (χ1n) is 8.46. The molecular weight excluding hydrogens is 354 g/mol. The first kappa shape index (κ1) is 18.6. The van der Waals surface area contributed by atoms with Crippen molar-refractivity contribution in [2.24, 2.45) is 11.8 Å². The second-order valence-electron chi connectivity index (χ2n) is 6.56. The molecular formula is C18H19N3O6. The number of hydrogen-bond donors (Lipinski definition) is 1. The molecule has 1 fully saturated rings. The lowest BCUT2D eigenvalue weighted by Gasteiger charge is -2.16. The quantitative estimate of drug-likeness (QED) is 0.364. The average molecular weight is 373 g/mol. The van der Waals surface area contributed by atoms with Gasteiger partial charge < -0.3 is 10.1 Å². The summed E-state index contributed by atoms with van der Waals surface area (Å²) in [7, 11) is 1.29. The van der Waals surface area contributed by atoms with Gasteiger partial charge in [-0.2, -0.15) is 0 Å². The number of nitro benzene ring substituents is 1. The molecule has 0 saturated carbocycles. The molecule has 1 aliphatic heterocycles. The van der Waals surface area contributed by atoms with Gasteiger partial charge in [-0.15, -0.1) is 0 Å². The SMILES string of the molecule is COc1cc(NC(=O)CN2C(=O)[C@@H]3CC=CC[C@H]3C2=O)c(C)cc1[N+](=O)[O-]. The van der Waals surface area contributed by atoms with Gasteiger partial charge >= 0.3 is 5.69 Å². The molecule has 9 heteroatoms. The van der Waals surface area contributed by atoms with Crippen LogP contribution >= 0.6 is 0 Å². The normalized spacial score (nSPS) is 21.2. The largest absolute Gasteiger partial charge is 0.490 e. The number of rotatable bonds is 5. The molecule has 1 aromatic rings. The minimum absolute atomic E-state index is 0.00585. The van der Waals surface area contributed by atoms with Crippen LogP contribution in [0.15, 0.2) is 24.3 Å². The fourth-order valence-electron chi connectivity index (χ4n) is 3.47. The van der Waals surface area contributed by atoms with Gasteiger partial charge in [-0.05, 0) is 25.3 Å². The van der Waals surface area contributed by atoms with E-state index in [0.717, 1.165) is 4.90 Å². The number of carbonyl (C=O) groups is 3. The number of nitrogens with zero attached hydrogens (tertiary/aromatic N) is 2. The molecule has 2 atom stereocenters. The first-order valence-corrected chi connectivity index (χ1v) is 8.46. The summed E-state index contributed by atoms with van der Waals surface area (Å²) in [4.78, 5) is 48.7. The van der Waals surface area contributed by atoms with Gasteiger partial charge in [-0.1, -0.05) is 12.2 Å². The number of hydrogen-bond acceptors (Lipinski definition) is 6. The molecule has 27 heavy (non-hydrogen) atoms. The summed E-state index contributed by atoms with van der Waals surface area (Å²) in [5, 5.41) is 13.6. The zero-order valence-electron chi connectivity index (χ0n) is 14.9. The van der Waals surface area contributed by atoms with Crippen molar-refractivity contribution in [1.29, 1.82) is 0 Å². The Morgan fingerprint density at radius 2 is 1.85 bits per heavy atom. The number of allylic oxidation sites excluding steroid dienone is 2. The van der Waals surface area contributed by atoms with Crippen LogP contribution in [-0.4, -0.2) is 41.2 Å². The molecule has 3 rings (SSSR count). The fraction of sp³-hybridized carbons (Fsp3) is 0.389. The Bertz CT molecular complexity index is 837. The maximum Gasteiger partial charge on any atom is 0.311 e. The third kappa shape index (κ3) is 3.40. The lowest BCUT2D eigenvalue weighted by atomic mass is 9.85. The van der Waals surface area contributed by atoms with E-state index >= 15 is 0 Å². The minimum atomic E-state index is -0.575. The summed E-state index contributed by atoms with van der Waals surface area (Å²) in [6.07, 6.45) is 4.77. The van der Waals surface area contributed by atoms with Gasteiger partial charge in [0.05, 0.1) is 23.9 Å². The van der Waals surface area contributed by atoms with Gasteiger partial charge in [0.15, 0.2) is 5.75 Å². The number of nitro groups is 1. The third-order valence-electron chi connectivity index (χ3n) is 4.90. The van der Waals surface area contributed by atoms with Crippen LogP contribution < -0.4 is 10.1 Å². The monoisotopic (exact) mass is 373 g/mol. The zero-order valence-corrected chi connectivity index (χ0v) is 14.9. The number of anilines is 1. The molecule has 1 saturated heterocycles. The van der Waals surface area contributed by atoms with Gasteiger partial charge in [0.1, 0.15) is 6.54 Å². The first-order chi connectivity index (χ1) is 12.8. The Morgan fingerprint density at radius 3 is 2.37 bits per heavy atom. The molecule has 1 aliphatic carbocycles. The topological polar surface area (TPSA) is 119 Å². The number of imide groups is 1. The predicted octanol–water partition coefficient (Wildman–Crippen LogP) is 1.80. The van der Waals surface area contributed by atoms with E-state index in [4.69, 9.17) is 4.74 Å². The van der Waals surface area contributed by atoms with Crippen molar-refractivity contribution >= 4 is 29.1 Å². The maximum absolute atomic E-state index is 12.4. The summed E-state index contributed by atoms with van der Waals surface area (Å²) in [5.41, 5.74) is 0.572. The minimum Gasteiger partial charge on any atom is -0.490 e. The van der Waals surface area contributed by atoms with Crippen LogP contribution in [-0.2, 0) is 14.4 Å². The highest BCUT2D eigenvalue weighted by atomic mass is 16.6.